The van der Waals surface area contributed by atoms with E-state index in [-0.39, 0.29) is 10.8 Å². The van der Waals surface area contributed by atoms with Gasteiger partial charge in [0, 0.05) is 6.04 Å². The number of hydrogen-bond donors (Lipinski definition) is 1. The summed E-state index contributed by atoms with van der Waals surface area (Å²) in [6, 6.07) is 0.690. The maximum atomic E-state index is 10.5. The van der Waals surface area contributed by atoms with E-state index in [4.69, 9.17) is 11.6 Å². The van der Waals surface area contributed by atoms with Gasteiger partial charge in [-0.15, -0.1) is 0 Å². The summed E-state index contributed by atoms with van der Waals surface area (Å²) in [7, 11) is 0. The van der Waals surface area contributed by atoms with Crippen LogP contribution in [0.5, 0.6) is 0 Å². The van der Waals surface area contributed by atoms with Gasteiger partial charge in [-0.2, -0.15) is 4.68 Å². The lowest BCUT2D eigenvalue weighted by Gasteiger charge is -2.00. The Kier molecular flexibility index (Phi) is 3.40. The summed E-state index contributed by atoms with van der Waals surface area (Å²) in [6.07, 6.45) is 4.92. The minimum atomic E-state index is -0.568. The molecule has 88 valence electrons. The van der Waals surface area contributed by atoms with Crippen LogP contribution < -0.4 is 5.32 Å². The first-order valence-electron chi connectivity index (χ1n) is 5.27. The molecule has 1 aromatic heterocycles. The number of nitro groups is 1. The van der Waals surface area contributed by atoms with Gasteiger partial charge in [-0.3, -0.25) is 0 Å². The van der Waals surface area contributed by atoms with Crippen LogP contribution in [0.1, 0.15) is 19.3 Å². The van der Waals surface area contributed by atoms with Crippen molar-refractivity contribution in [2.24, 2.45) is 0 Å². The van der Waals surface area contributed by atoms with Crippen LogP contribution in [0, 0.1) is 10.1 Å². The van der Waals surface area contributed by atoms with Gasteiger partial charge in [-0.1, -0.05) is 11.6 Å². The van der Waals surface area contributed by atoms with Gasteiger partial charge in [0.1, 0.15) is 0 Å². The average Bonchev–Trinajstić information content (AvgIpc) is 2.97. The third-order valence-corrected chi connectivity index (χ3v) is 2.71. The van der Waals surface area contributed by atoms with Gasteiger partial charge >= 0.3 is 5.82 Å². The Morgan fingerprint density at radius 1 is 1.69 bits per heavy atom. The number of halogens is 1. The Hall–Kier alpha value is -1.14. The quantitative estimate of drug-likeness (QED) is 0.469. The van der Waals surface area contributed by atoms with E-state index >= 15 is 0 Å². The summed E-state index contributed by atoms with van der Waals surface area (Å²) >= 11 is 5.67. The van der Waals surface area contributed by atoms with Crippen molar-refractivity contribution in [3.8, 4) is 0 Å². The van der Waals surface area contributed by atoms with Crippen molar-refractivity contribution in [3.05, 3.63) is 21.3 Å². The molecule has 0 amide bonds. The van der Waals surface area contributed by atoms with Crippen LogP contribution in [0.3, 0.4) is 0 Å². The average molecular weight is 245 g/mol. The molecule has 16 heavy (non-hydrogen) atoms. The van der Waals surface area contributed by atoms with E-state index in [9.17, 15) is 10.1 Å². The number of hydrogen-bond acceptors (Lipinski definition) is 4. The van der Waals surface area contributed by atoms with E-state index in [0.29, 0.717) is 12.6 Å². The molecule has 0 aromatic carbocycles. The minimum Gasteiger partial charge on any atom is -0.358 e. The molecule has 1 aromatic rings. The standard InChI is InChI=1S/C9H13ClN4O2/c10-8-6-13(12-9(8)14(15)16)5-1-4-11-7-2-3-7/h6-7,11H,1-5H2. The number of nitrogens with zero attached hydrogens (tertiary/aromatic N) is 3. The van der Waals surface area contributed by atoms with Gasteiger partial charge in [-0.05, 0) is 30.7 Å². The van der Waals surface area contributed by atoms with Crippen LogP contribution >= 0.6 is 11.6 Å². The summed E-state index contributed by atoms with van der Waals surface area (Å²) in [5.41, 5.74) is 0. The van der Waals surface area contributed by atoms with Crippen molar-refractivity contribution in [2.75, 3.05) is 6.54 Å². The summed E-state index contributed by atoms with van der Waals surface area (Å²) < 4.78 is 1.52. The van der Waals surface area contributed by atoms with E-state index in [1.165, 1.54) is 23.7 Å². The SMILES string of the molecule is O=[N+]([O-])c1nn(CCCNC2CC2)cc1Cl. The number of rotatable bonds is 6. The van der Waals surface area contributed by atoms with E-state index in [1.807, 2.05) is 0 Å². The van der Waals surface area contributed by atoms with E-state index in [2.05, 4.69) is 10.4 Å². The number of nitrogens with one attached hydrogen (secondary N) is 1. The topological polar surface area (TPSA) is 73.0 Å². The molecule has 0 unspecified atom stereocenters. The normalized spacial score (nSPS) is 15.3. The molecule has 0 radical (unpaired) electrons. The van der Waals surface area contributed by atoms with Gasteiger partial charge in [0.05, 0.1) is 17.8 Å². The molecule has 1 aliphatic carbocycles. The molecule has 0 saturated heterocycles. The molecule has 1 N–H and O–H groups in total. The molecule has 7 heteroatoms. The lowest BCUT2D eigenvalue weighted by atomic mass is 10.4. The van der Waals surface area contributed by atoms with Gasteiger partial charge in [0.2, 0.25) is 0 Å². The molecule has 1 fully saturated rings. The van der Waals surface area contributed by atoms with E-state index in [0.717, 1.165) is 13.0 Å². The largest absolute Gasteiger partial charge is 0.408 e. The molecule has 0 atom stereocenters. The van der Waals surface area contributed by atoms with Crippen molar-refractivity contribution < 1.29 is 4.92 Å². The molecular formula is C9H13ClN4O2. The van der Waals surface area contributed by atoms with Gasteiger partial charge in [0.15, 0.2) is 5.02 Å². The molecule has 0 bridgehead atoms. The monoisotopic (exact) mass is 244 g/mol. The Labute approximate surface area is 97.7 Å². The second kappa shape index (κ2) is 4.80. The Balaban J connectivity index is 1.79. The predicted octanol–water partition coefficient (Wildman–Crippen LogP) is 1.59. The fourth-order valence-electron chi connectivity index (χ4n) is 1.46. The predicted molar refractivity (Wildman–Crippen MR) is 59.5 cm³/mol. The maximum absolute atomic E-state index is 10.5. The Morgan fingerprint density at radius 3 is 3.00 bits per heavy atom. The highest BCUT2D eigenvalue weighted by Crippen LogP contribution is 2.21. The fourth-order valence-corrected chi connectivity index (χ4v) is 1.68. The van der Waals surface area contributed by atoms with Gasteiger partial charge < -0.3 is 15.4 Å². The highest BCUT2D eigenvalue weighted by atomic mass is 35.5. The highest BCUT2D eigenvalue weighted by molar-refractivity contribution is 6.32. The molecule has 2 rings (SSSR count). The number of aromatic nitrogens is 2. The van der Waals surface area contributed by atoms with Crippen LogP contribution in [-0.4, -0.2) is 27.3 Å². The first-order valence-corrected chi connectivity index (χ1v) is 5.65. The summed E-state index contributed by atoms with van der Waals surface area (Å²) in [5, 5.41) is 17.8. The van der Waals surface area contributed by atoms with Crippen LogP contribution in [0.15, 0.2) is 6.20 Å². The van der Waals surface area contributed by atoms with Gasteiger partial charge in [-0.25, -0.2) is 0 Å². The summed E-state index contributed by atoms with van der Waals surface area (Å²) in [4.78, 5) is 9.93. The smallest absolute Gasteiger partial charge is 0.358 e. The van der Waals surface area contributed by atoms with E-state index < -0.39 is 4.92 Å². The third kappa shape index (κ3) is 2.93. The first-order chi connectivity index (χ1) is 7.66. The fraction of sp³-hybridized carbons (Fsp3) is 0.667. The minimum absolute atomic E-state index is 0.0974. The second-order valence-electron chi connectivity index (χ2n) is 3.90. The van der Waals surface area contributed by atoms with Crippen molar-refractivity contribution in [1.29, 1.82) is 0 Å². The lowest BCUT2D eigenvalue weighted by molar-refractivity contribution is -0.389. The van der Waals surface area contributed by atoms with Crippen LogP contribution in [-0.2, 0) is 6.54 Å². The number of aryl methyl sites for hydroxylation is 1. The van der Waals surface area contributed by atoms with Crippen molar-refractivity contribution in [3.63, 3.8) is 0 Å². The lowest BCUT2D eigenvalue weighted by Crippen LogP contribution is -2.19. The third-order valence-electron chi connectivity index (χ3n) is 2.45. The molecule has 6 nitrogen and oxygen atoms in total. The zero-order valence-electron chi connectivity index (χ0n) is 8.73. The first kappa shape index (κ1) is 11.3. The second-order valence-corrected chi connectivity index (χ2v) is 4.31. The van der Waals surface area contributed by atoms with Crippen molar-refractivity contribution >= 4 is 17.4 Å². The van der Waals surface area contributed by atoms with E-state index in [1.54, 1.807) is 0 Å². The van der Waals surface area contributed by atoms with Crippen LogP contribution in [0.2, 0.25) is 5.02 Å². The van der Waals surface area contributed by atoms with Crippen molar-refractivity contribution in [1.82, 2.24) is 15.1 Å². The molecule has 1 heterocycles. The molecule has 1 aliphatic rings. The summed E-state index contributed by atoms with van der Waals surface area (Å²) in [6.45, 7) is 1.56. The van der Waals surface area contributed by atoms with Crippen LogP contribution in [0.25, 0.3) is 0 Å². The zero-order valence-corrected chi connectivity index (χ0v) is 9.48. The summed E-state index contributed by atoms with van der Waals surface area (Å²) in [5.74, 6) is -0.267. The highest BCUT2D eigenvalue weighted by Gasteiger charge is 2.20. The van der Waals surface area contributed by atoms with Gasteiger partial charge in [0.25, 0.3) is 0 Å². The molecular weight excluding hydrogens is 232 g/mol. The molecule has 0 spiro atoms. The van der Waals surface area contributed by atoms with Crippen molar-refractivity contribution in [2.45, 2.75) is 31.8 Å². The zero-order chi connectivity index (χ0) is 11.5. The van der Waals surface area contributed by atoms with Crippen LogP contribution in [0.4, 0.5) is 5.82 Å². The molecule has 1 saturated carbocycles. The Bertz CT molecular complexity index is 389. The Morgan fingerprint density at radius 2 is 2.44 bits per heavy atom. The maximum Gasteiger partial charge on any atom is 0.408 e. The molecule has 0 aliphatic heterocycles.